The van der Waals surface area contributed by atoms with E-state index >= 15 is 0 Å². The number of ether oxygens (including phenoxy) is 2. The van der Waals surface area contributed by atoms with Crippen molar-refractivity contribution in [2.24, 2.45) is 5.41 Å². The topological polar surface area (TPSA) is 217 Å². The molecule has 15 nitrogen and oxygen atoms in total. The normalized spacial score (nSPS) is 11.7. The first-order chi connectivity index (χ1) is 37.6. The zero-order valence-electron chi connectivity index (χ0n) is 52.0. The molecule has 0 aromatic heterocycles. The van der Waals surface area contributed by atoms with Gasteiger partial charge in [0.2, 0.25) is 0 Å². The van der Waals surface area contributed by atoms with E-state index in [4.69, 9.17) is 36.6 Å². The van der Waals surface area contributed by atoms with Crippen LogP contribution in [0.25, 0.3) is 0 Å². The summed E-state index contributed by atoms with van der Waals surface area (Å²) in [5, 5.41) is 11.2. The second-order valence-corrected chi connectivity index (χ2v) is 24.8. The fourth-order valence-corrected chi connectivity index (χ4v) is 9.95. The monoisotopic (exact) mass is 1220 g/mol. The van der Waals surface area contributed by atoms with Crippen LogP contribution in [0.1, 0.15) is 286 Å². The van der Waals surface area contributed by atoms with Crippen molar-refractivity contribution in [3.05, 3.63) is 25.3 Å². The van der Waals surface area contributed by atoms with Crippen molar-refractivity contribution in [2.45, 2.75) is 286 Å². The van der Waals surface area contributed by atoms with Crippen LogP contribution in [-0.4, -0.2) is 72.7 Å². The van der Waals surface area contributed by atoms with Gasteiger partial charge < -0.3 is 56.4 Å². The molecule has 0 atom stereocenters. The van der Waals surface area contributed by atoms with Crippen LogP contribution >= 0.6 is 23.5 Å². The molecule has 0 saturated heterocycles. The molecule has 0 saturated carbocycles. The SMILES string of the molecule is C=CCOCC(CC)(C[O-])COCC=C.CCCCCCCCOP(=O)([O-])OCCCCCCCC.CCCCCCCCOP(=O)([O-])OCCCCCCCC.CCCCCCCCOP(=O)([O-])OCCCCCCCC.[Ti+4]. The standard InChI is InChI=1S/3C16H35O4P.C12H21O3.Ti/c3*1-3-5-7-9-11-13-15-19-21(17,18)20-16-14-12-10-8-6-4-2;1-4-7-14-10-12(6-3,9-13)11-15-8-5-2;/h3*3-16H2,1-2H3,(H,17,18);4-5H,1-2,6-11H2,3H3;/q;;;-1;+4/p-3. The summed E-state index contributed by atoms with van der Waals surface area (Å²) in [5.41, 5.74) is -0.411. The second-order valence-electron chi connectivity index (χ2n) is 20.6. The summed E-state index contributed by atoms with van der Waals surface area (Å²) in [5.74, 6) is 0. The molecular weight excluding hydrogens is 1100 g/mol. The van der Waals surface area contributed by atoms with Crippen molar-refractivity contribution in [2.75, 3.05) is 72.7 Å². The van der Waals surface area contributed by atoms with Gasteiger partial charge in [0.25, 0.3) is 23.5 Å². The fourth-order valence-electron chi connectivity index (χ4n) is 7.61. The summed E-state index contributed by atoms with van der Waals surface area (Å²) >= 11 is 0. The van der Waals surface area contributed by atoms with Gasteiger partial charge in [-0.2, -0.15) is 0 Å². The molecule has 0 spiro atoms. The molecule has 0 radical (unpaired) electrons. The van der Waals surface area contributed by atoms with E-state index < -0.39 is 28.9 Å². The Morgan fingerprint density at radius 3 is 0.671 bits per heavy atom. The van der Waals surface area contributed by atoms with E-state index in [2.05, 4.69) is 54.7 Å². The summed E-state index contributed by atoms with van der Waals surface area (Å²) in [6.45, 7) is 25.3. The number of phosphoric ester groups is 3. The Morgan fingerprint density at radius 1 is 0.342 bits per heavy atom. The molecule has 0 aliphatic carbocycles. The molecule has 0 aromatic carbocycles. The van der Waals surface area contributed by atoms with Crippen LogP contribution in [0.5, 0.6) is 0 Å². The summed E-state index contributed by atoms with van der Waals surface area (Å²) in [4.78, 5) is 34.5. The first kappa shape index (κ1) is 88.2. The van der Waals surface area contributed by atoms with Crippen molar-refractivity contribution >= 4 is 23.5 Å². The number of rotatable bonds is 58. The Hall–Kier alpha value is 0.404. The summed E-state index contributed by atoms with van der Waals surface area (Å²) in [7, 11) is -12.2. The summed E-state index contributed by atoms with van der Waals surface area (Å²) in [6, 6.07) is 0. The van der Waals surface area contributed by atoms with Gasteiger partial charge in [-0.15, -0.1) is 19.8 Å². The minimum Gasteiger partial charge on any atom is -0.854 e. The summed E-state index contributed by atoms with van der Waals surface area (Å²) in [6.07, 6.45) is 44.1. The number of hydrogen-bond donors (Lipinski definition) is 0. The van der Waals surface area contributed by atoms with Gasteiger partial charge in [-0.3, -0.25) is 13.7 Å². The third-order valence-electron chi connectivity index (χ3n) is 12.8. The maximum atomic E-state index is 11.5. The van der Waals surface area contributed by atoms with Crippen molar-refractivity contribution in [1.82, 2.24) is 0 Å². The van der Waals surface area contributed by atoms with Crippen LogP contribution in [0.2, 0.25) is 0 Å². The van der Waals surface area contributed by atoms with Crippen LogP contribution in [0.4, 0.5) is 0 Å². The van der Waals surface area contributed by atoms with Gasteiger partial charge >= 0.3 is 21.7 Å². The van der Waals surface area contributed by atoms with Crippen molar-refractivity contribution in [1.29, 1.82) is 0 Å². The van der Waals surface area contributed by atoms with E-state index in [-0.39, 0.29) is 68.0 Å². The maximum Gasteiger partial charge on any atom is 4.00 e. The molecule has 0 amide bonds. The molecule has 0 aliphatic heterocycles. The van der Waals surface area contributed by atoms with Crippen LogP contribution in [-0.2, 0) is 72.0 Å². The largest absolute Gasteiger partial charge is 4.00 e. The average molecular weight is 1230 g/mol. The van der Waals surface area contributed by atoms with E-state index in [9.17, 15) is 33.5 Å². The third-order valence-corrected chi connectivity index (χ3v) is 15.8. The van der Waals surface area contributed by atoms with Gasteiger partial charge in [0.05, 0.1) is 66.1 Å². The minimum atomic E-state index is -4.07. The quantitative estimate of drug-likeness (QED) is 0.0239. The molecule has 0 unspecified atom stereocenters. The van der Waals surface area contributed by atoms with Crippen LogP contribution in [0.15, 0.2) is 25.3 Å². The molecule has 19 heteroatoms. The zero-order chi connectivity index (χ0) is 59.0. The van der Waals surface area contributed by atoms with E-state index in [1.165, 1.54) is 116 Å². The molecule has 0 fully saturated rings. The predicted octanol–water partition coefficient (Wildman–Crippen LogP) is 16.8. The molecule has 0 N–H and O–H groups in total. The first-order valence-corrected chi connectivity index (χ1v) is 35.7. The molecule has 0 heterocycles. The van der Waals surface area contributed by atoms with Gasteiger partial charge in [-0.25, -0.2) is 0 Å². The number of unbranched alkanes of at least 4 members (excludes halogenated alkanes) is 30. The predicted molar refractivity (Wildman–Crippen MR) is 318 cm³/mol. The molecule has 0 bridgehead atoms. The minimum absolute atomic E-state index is 0. The first-order valence-electron chi connectivity index (χ1n) is 31.4. The van der Waals surface area contributed by atoms with Gasteiger partial charge in [0.1, 0.15) is 0 Å². The second kappa shape index (κ2) is 69.2. The Morgan fingerprint density at radius 2 is 0.519 bits per heavy atom. The smallest absolute Gasteiger partial charge is 0.854 e. The van der Waals surface area contributed by atoms with E-state index in [1.807, 2.05) is 6.92 Å². The van der Waals surface area contributed by atoms with E-state index in [0.717, 1.165) is 122 Å². The van der Waals surface area contributed by atoms with Crippen molar-refractivity contribution in [3.63, 3.8) is 0 Å². The van der Waals surface area contributed by atoms with Gasteiger partial charge in [0.15, 0.2) is 0 Å². The number of phosphoric acid groups is 3. The molecule has 472 valence electrons. The van der Waals surface area contributed by atoms with Gasteiger partial charge in [-0.1, -0.05) is 253 Å². The Kier molecular flexibility index (Phi) is 77.2. The van der Waals surface area contributed by atoms with Crippen LogP contribution in [0, 0.1) is 5.41 Å². The molecular formula is C60H123O15P3Ti. The maximum absolute atomic E-state index is 11.5. The van der Waals surface area contributed by atoms with Crippen LogP contribution in [0.3, 0.4) is 0 Å². The van der Waals surface area contributed by atoms with E-state index in [0.29, 0.717) is 26.4 Å². The molecule has 79 heavy (non-hydrogen) atoms. The molecule has 0 aliphatic rings. The number of hydrogen-bond acceptors (Lipinski definition) is 15. The third kappa shape index (κ3) is 74.5. The Balaban J connectivity index is -0.000000309. The van der Waals surface area contributed by atoms with E-state index in [1.54, 1.807) is 12.2 Å². The molecule has 0 aromatic rings. The van der Waals surface area contributed by atoms with Crippen molar-refractivity contribution < 1.29 is 91.8 Å². The van der Waals surface area contributed by atoms with Gasteiger partial charge in [-0.05, 0) is 44.9 Å². The average Bonchev–Trinajstić information content (AvgIpc) is 3.41. The Bertz CT molecular complexity index is 1140. The molecule has 0 rings (SSSR count). The van der Waals surface area contributed by atoms with Crippen LogP contribution < -0.4 is 19.8 Å². The Labute approximate surface area is 502 Å². The van der Waals surface area contributed by atoms with Crippen molar-refractivity contribution in [3.8, 4) is 0 Å². The zero-order valence-corrected chi connectivity index (χ0v) is 56.2. The summed E-state index contributed by atoms with van der Waals surface area (Å²) < 4.78 is 74.3. The van der Waals surface area contributed by atoms with Gasteiger partial charge in [0, 0.05) is 5.41 Å². The fraction of sp³-hybridized carbons (Fsp3) is 0.933.